The van der Waals surface area contributed by atoms with Crippen LogP contribution < -0.4 is 5.32 Å². The molecule has 0 amide bonds. The van der Waals surface area contributed by atoms with E-state index in [1.165, 1.54) is 0 Å². The average Bonchev–Trinajstić information content (AvgIpc) is 2.38. The van der Waals surface area contributed by atoms with Crippen molar-refractivity contribution in [2.75, 3.05) is 11.9 Å². The van der Waals surface area contributed by atoms with Gasteiger partial charge < -0.3 is 10.4 Å². The summed E-state index contributed by atoms with van der Waals surface area (Å²) in [7, 11) is 0. The van der Waals surface area contributed by atoms with E-state index in [1.807, 2.05) is 36.4 Å². The highest BCUT2D eigenvalue weighted by atomic mass is 16.3. The molecule has 0 fully saturated rings. The van der Waals surface area contributed by atoms with Gasteiger partial charge in [-0.05, 0) is 25.5 Å². The topological polar surface area (TPSA) is 56.0 Å². The van der Waals surface area contributed by atoms with Gasteiger partial charge >= 0.3 is 0 Å². The van der Waals surface area contributed by atoms with E-state index in [9.17, 15) is 5.11 Å². The van der Waals surface area contributed by atoms with Crippen LogP contribution in [-0.2, 0) is 0 Å². The van der Waals surface area contributed by atoms with Crippen molar-refractivity contribution >= 4 is 16.5 Å². The van der Waals surface area contributed by atoms with Crippen molar-refractivity contribution in [2.45, 2.75) is 19.4 Å². The van der Waals surface area contributed by atoms with Crippen molar-refractivity contribution in [3.05, 3.63) is 42.0 Å². The summed E-state index contributed by atoms with van der Waals surface area (Å²) >= 11 is 0. The normalized spacial score (nSPS) is 12.1. The molecule has 2 aromatic rings. The van der Waals surface area contributed by atoms with Gasteiger partial charge in [0.2, 0.25) is 0 Å². The summed E-state index contributed by atoms with van der Waals surface area (Å²) in [5.41, 5.74) is 1.69. The zero-order chi connectivity index (χ0) is 13.0. The van der Waals surface area contributed by atoms with Gasteiger partial charge in [0.25, 0.3) is 0 Å². The van der Waals surface area contributed by atoms with Crippen LogP contribution in [0.3, 0.4) is 0 Å². The second-order valence-electron chi connectivity index (χ2n) is 4.38. The SMILES string of the molecule is CC(O)CCNc1ccc(C#N)c2ccccc12. The minimum atomic E-state index is -0.304. The van der Waals surface area contributed by atoms with Crippen LogP contribution in [0.4, 0.5) is 5.69 Å². The molecule has 0 radical (unpaired) electrons. The van der Waals surface area contributed by atoms with E-state index in [4.69, 9.17) is 5.26 Å². The Kier molecular flexibility index (Phi) is 3.81. The van der Waals surface area contributed by atoms with Crippen molar-refractivity contribution in [2.24, 2.45) is 0 Å². The molecule has 1 unspecified atom stereocenters. The lowest BCUT2D eigenvalue weighted by molar-refractivity contribution is 0.189. The van der Waals surface area contributed by atoms with Crippen LogP contribution in [0.25, 0.3) is 10.8 Å². The number of nitrogens with one attached hydrogen (secondary N) is 1. The maximum Gasteiger partial charge on any atom is 0.0998 e. The fraction of sp³-hybridized carbons (Fsp3) is 0.267. The highest BCUT2D eigenvalue weighted by molar-refractivity contribution is 5.97. The Morgan fingerprint density at radius 1 is 1.22 bits per heavy atom. The third-order valence-electron chi connectivity index (χ3n) is 2.92. The largest absolute Gasteiger partial charge is 0.393 e. The van der Waals surface area contributed by atoms with Gasteiger partial charge in [0.15, 0.2) is 0 Å². The quantitative estimate of drug-likeness (QED) is 0.864. The van der Waals surface area contributed by atoms with Crippen LogP contribution in [0.2, 0.25) is 0 Å². The molecule has 0 heterocycles. The Labute approximate surface area is 107 Å². The zero-order valence-electron chi connectivity index (χ0n) is 10.4. The van der Waals surface area contributed by atoms with E-state index in [-0.39, 0.29) is 6.10 Å². The number of rotatable bonds is 4. The molecule has 0 saturated carbocycles. The van der Waals surface area contributed by atoms with Gasteiger partial charge in [-0.25, -0.2) is 0 Å². The smallest absolute Gasteiger partial charge is 0.0998 e. The second kappa shape index (κ2) is 5.52. The standard InChI is InChI=1S/C15H16N2O/c1-11(18)8-9-17-15-7-6-12(10-16)13-4-2-3-5-14(13)15/h2-7,11,17-18H,8-9H2,1H3. The van der Waals surface area contributed by atoms with Gasteiger partial charge in [0.05, 0.1) is 17.7 Å². The Bertz CT molecular complexity index is 585. The molecular formula is C15H16N2O. The Morgan fingerprint density at radius 3 is 2.61 bits per heavy atom. The molecule has 0 saturated heterocycles. The molecule has 3 nitrogen and oxygen atoms in total. The second-order valence-corrected chi connectivity index (χ2v) is 4.38. The number of anilines is 1. The molecule has 0 spiro atoms. The summed E-state index contributed by atoms with van der Waals surface area (Å²) in [5, 5.41) is 23.6. The number of fused-ring (bicyclic) bond motifs is 1. The summed E-state index contributed by atoms with van der Waals surface area (Å²) < 4.78 is 0. The molecule has 0 aliphatic rings. The number of aliphatic hydroxyl groups is 1. The summed E-state index contributed by atoms with van der Waals surface area (Å²) in [6.45, 7) is 2.49. The number of hydrogen-bond acceptors (Lipinski definition) is 3. The summed E-state index contributed by atoms with van der Waals surface area (Å²) in [6.07, 6.45) is 0.399. The number of hydrogen-bond donors (Lipinski definition) is 2. The highest BCUT2D eigenvalue weighted by Gasteiger charge is 2.05. The van der Waals surface area contributed by atoms with Crippen LogP contribution in [0.15, 0.2) is 36.4 Å². The number of nitrogens with zero attached hydrogens (tertiary/aromatic N) is 1. The van der Waals surface area contributed by atoms with E-state index >= 15 is 0 Å². The number of benzene rings is 2. The predicted octanol–water partition coefficient (Wildman–Crippen LogP) is 2.89. The Hall–Kier alpha value is -2.05. The van der Waals surface area contributed by atoms with Gasteiger partial charge in [-0.15, -0.1) is 0 Å². The van der Waals surface area contributed by atoms with Crippen LogP contribution in [0.1, 0.15) is 18.9 Å². The van der Waals surface area contributed by atoms with Gasteiger partial charge in [-0.1, -0.05) is 24.3 Å². The predicted molar refractivity (Wildman–Crippen MR) is 73.5 cm³/mol. The first-order valence-electron chi connectivity index (χ1n) is 6.06. The van der Waals surface area contributed by atoms with Crippen molar-refractivity contribution in [3.63, 3.8) is 0 Å². The molecule has 1 atom stereocenters. The number of aliphatic hydroxyl groups excluding tert-OH is 1. The van der Waals surface area contributed by atoms with Crippen LogP contribution in [0, 0.1) is 11.3 Å². The van der Waals surface area contributed by atoms with Gasteiger partial charge in [0.1, 0.15) is 0 Å². The first-order chi connectivity index (χ1) is 8.72. The summed E-state index contributed by atoms with van der Waals surface area (Å²) in [6, 6.07) is 13.8. The molecule has 0 aliphatic carbocycles. The van der Waals surface area contributed by atoms with Gasteiger partial charge in [-0.3, -0.25) is 0 Å². The third kappa shape index (κ3) is 2.61. The van der Waals surface area contributed by atoms with E-state index in [1.54, 1.807) is 6.92 Å². The van der Waals surface area contributed by atoms with Gasteiger partial charge in [0, 0.05) is 23.0 Å². The van der Waals surface area contributed by atoms with Crippen LogP contribution >= 0.6 is 0 Å². The molecule has 18 heavy (non-hydrogen) atoms. The fourth-order valence-corrected chi connectivity index (χ4v) is 1.97. The van der Waals surface area contributed by atoms with Crippen molar-refractivity contribution < 1.29 is 5.11 Å². The minimum Gasteiger partial charge on any atom is -0.393 e. The molecule has 0 aliphatic heterocycles. The van der Waals surface area contributed by atoms with E-state index in [0.717, 1.165) is 16.5 Å². The van der Waals surface area contributed by atoms with Crippen molar-refractivity contribution in [1.82, 2.24) is 0 Å². The minimum absolute atomic E-state index is 0.304. The third-order valence-corrected chi connectivity index (χ3v) is 2.92. The monoisotopic (exact) mass is 240 g/mol. The molecule has 3 heteroatoms. The average molecular weight is 240 g/mol. The summed E-state index contributed by atoms with van der Waals surface area (Å²) in [4.78, 5) is 0. The fourth-order valence-electron chi connectivity index (χ4n) is 1.97. The molecule has 2 aromatic carbocycles. The summed E-state index contributed by atoms with van der Waals surface area (Å²) in [5.74, 6) is 0. The van der Waals surface area contributed by atoms with E-state index in [2.05, 4.69) is 11.4 Å². The highest BCUT2D eigenvalue weighted by Crippen LogP contribution is 2.26. The first-order valence-corrected chi connectivity index (χ1v) is 6.06. The van der Waals surface area contributed by atoms with E-state index in [0.29, 0.717) is 18.5 Å². The molecule has 92 valence electrons. The Balaban J connectivity index is 2.32. The Morgan fingerprint density at radius 2 is 1.94 bits per heavy atom. The van der Waals surface area contributed by atoms with Crippen molar-refractivity contribution in [3.8, 4) is 6.07 Å². The zero-order valence-corrected chi connectivity index (χ0v) is 10.4. The maximum absolute atomic E-state index is 9.24. The molecule has 2 rings (SSSR count). The maximum atomic E-state index is 9.24. The molecule has 2 N–H and O–H groups in total. The molecule has 0 bridgehead atoms. The van der Waals surface area contributed by atoms with Gasteiger partial charge in [-0.2, -0.15) is 5.26 Å². The van der Waals surface area contributed by atoms with Crippen LogP contribution in [-0.4, -0.2) is 17.8 Å². The first kappa shape index (κ1) is 12.4. The van der Waals surface area contributed by atoms with Crippen molar-refractivity contribution in [1.29, 1.82) is 5.26 Å². The van der Waals surface area contributed by atoms with Crippen LogP contribution in [0.5, 0.6) is 0 Å². The molecule has 0 aromatic heterocycles. The van der Waals surface area contributed by atoms with E-state index < -0.39 is 0 Å². The lowest BCUT2D eigenvalue weighted by Gasteiger charge is -2.11. The molecular weight excluding hydrogens is 224 g/mol. The lowest BCUT2D eigenvalue weighted by Crippen LogP contribution is -2.09. The number of nitriles is 1. The lowest BCUT2D eigenvalue weighted by atomic mass is 10.0.